The van der Waals surface area contributed by atoms with Crippen molar-refractivity contribution >= 4 is 28.6 Å². The number of hydrogen-bond acceptors (Lipinski definition) is 4. The molecule has 2 N–H and O–H groups in total. The number of rotatable bonds is 5. The zero-order chi connectivity index (χ0) is 17.1. The smallest absolute Gasteiger partial charge is 0.279 e. The van der Waals surface area contributed by atoms with Gasteiger partial charge in [-0.3, -0.25) is 14.9 Å². The van der Waals surface area contributed by atoms with Crippen LogP contribution in [0.1, 0.15) is 29.3 Å². The van der Waals surface area contributed by atoms with Crippen LogP contribution in [0.4, 0.5) is 11.4 Å². The normalized spacial score (nSPS) is 20.0. The number of aryl methyl sites for hydroxylation is 1. The highest BCUT2D eigenvalue weighted by Crippen LogP contribution is 2.24. The number of amides is 1. The summed E-state index contributed by atoms with van der Waals surface area (Å²) < 4.78 is 0. The number of carbonyl (C=O) groups excluding carboxylic acids is 1. The minimum atomic E-state index is -0.451. The molecule has 0 aliphatic carbocycles. The number of nitrogens with zero attached hydrogens (tertiary/aromatic N) is 1. The van der Waals surface area contributed by atoms with Gasteiger partial charge in [0.25, 0.3) is 11.6 Å². The summed E-state index contributed by atoms with van der Waals surface area (Å²) in [5.74, 6) is -0.0999. The van der Waals surface area contributed by atoms with Crippen LogP contribution in [-0.4, -0.2) is 23.9 Å². The van der Waals surface area contributed by atoms with Crippen molar-refractivity contribution in [2.75, 3.05) is 18.4 Å². The first-order valence-corrected chi connectivity index (χ1v) is 8.85. The average molecular weight is 346 g/mol. The van der Waals surface area contributed by atoms with Gasteiger partial charge in [0.15, 0.2) is 6.54 Å². The van der Waals surface area contributed by atoms with Crippen molar-refractivity contribution in [3.63, 3.8) is 0 Å². The molecule has 1 amide bonds. The standard InChI is InChI=1S/C17H19N3O3S/c1-12-6-7-13(20(22)23)10-14(12)18-17(21)11-19-8-2-4-15(19)16-5-3-9-24-16/h3,5-7,9-10,15H,2,4,8,11H2,1H3,(H,18,21)/p+1/t15-/m0/s1. The second-order valence-electron chi connectivity index (χ2n) is 6.10. The predicted molar refractivity (Wildman–Crippen MR) is 93.5 cm³/mol. The number of nitrogens with one attached hydrogen (secondary N) is 2. The zero-order valence-corrected chi connectivity index (χ0v) is 14.3. The Bertz CT molecular complexity index is 746. The van der Waals surface area contributed by atoms with E-state index in [-0.39, 0.29) is 11.6 Å². The van der Waals surface area contributed by atoms with Gasteiger partial charge >= 0.3 is 0 Å². The van der Waals surface area contributed by atoms with Crippen LogP contribution in [0.3, 0.4) is 0 Å². The number of hydrogen-bond donors (Lipinski definition) is 2. The summed E-state index contributed by atoms with van der Waals surface area (Å²) in [4.78, 5) is 25.4. The molecule has 2 atom stereocenters. The second-order valence-corrected chi connectivity index (χ2v) is 7.08. The third-order valence-electron chi connectivity index (χ3n) is 4.46. The number of nitro benzene ring substituents is 1. The van der Waals surface area contributed by atoms with Crippen LogP contribution in [0.2, 0.25) is 0 Å². The Kier molecular flexibility index (Phi) is 4.92. The van der Waals surface area contributed by atoms with Crippen LogP contribution in [-0.2, 0) is 4.79 Å². The van der Waals surface area contributed by atoms with Gasteiger partial charge in [0.2, 0.25) is 0 Å². The summed E-state index contributed by atoms with van der Waals surface area (Å²) in [6, 6.07) is 9.07. The number of non-ortho nitro benzene ring substituents is 1. The Morgan fingerprint density at radius 3 is 3.00 bits per heavy atom. The molecule has 0 spiro atoms. The molecule has 0 radical (unpaired) electrons. The van der Waals surface area contributed by atoms with E-state index in [1.807, 2.05) is 13.0 Å². The van der Waals surface area contributed by atoms with Gasteiger partial charge < -0.3 is 10.2 Å². The Hall–Kier alpha value is -2.25. The average Bonchev–Trinajstić information content (AvgIpc) is 3.20. The summed E-state index contributed by atoms with van der Waals surface area (Å²) in [6.45, 7) is 3.19. The first-order valence-electron chi connectivity index (χ1n) is 7.97. The summed E-state index contributed by atoms with van der Waals surface area (Å²) in [5.41, 5.74) is 1.32. The number of carbonyl (C=O) groups is 1. The molecule has 3 rings (SSSR count). The Balaban J connectivity index is 1.67. The molecule has 1 aliphatic rings. The number of benzene rings is 1. The molecular weight excluding hydrogens is 326 g/mol. The fourth-order valence-corrected chi connectivity index (χ4v) is 4.14. The second kappa shape index (κ2) is 7.11. The topological polar surface area (TPSA) is 76.7 Å². The monoisotopic (exact) mass is 346 g/mol. The molecule has 1 aromatic heterocycles. The van der Waals surface area contributed by atoms with Crippen molar-refractivity contribution in [2.45, 2.75) is 25.8 Å². The first-order chi connectivity index (χ1) is 11.5. The SMILES string of the molecule is Cc1ccc([N+](=O)[O-])cc1NC(=O)C[NH+]1CCC[C@H]1c1cccs1. The van der Waals surface area contributed by atoms with Crippen LogP contribution < -0.4 is 10.2 Å². The largest absolute Gasteiger partial charge is 0.321 e. The van der Waals surface area contributed by atoms with E-state index in [1.165, 1.54) is 21.9 Å². The third kappa shape index (κ3) is 3.63. The van der Waals surface area contributed by atoms with Crippen molar-refractivity contribution in [3.05, 3.63) is 56.3 Å². The maximum Gasteiger partial charge on any atom is 0.279 e. The Labute approximate surface area is 144 Å². The van der Waals surface area contributed by atoms with E-state index >= 15 is 0 Å². The van der Waals surface area contributed by atoms with Crippen LogP contribution in [0, 0.1) is 17.0 Å². The van der Waals surface area contributed by atoms with Gasteiger partial charge in [-0.1, -0.05) is 12.1 Å². The lowest BCUT2D eigenvalue weighted by atomic mass is 10.1. The van der Waals surface area contributed by atoms with E-state index in [9.17, 15) is 14.9 Å². The van der Waals surface area contributed by atoms with Crippen LogP contribution >= 0.6 is 11.3 Å². The van der Waals surface area contributed by atoms with Gasteiger partial charge in [0.1, 0.15) is 6.04 Å². The molecule has 24 heavy (non-hydrogen) atoms. The van der Waals surface area contributed by atoms with Gasteiger partial charge in [0.05, 0.1) is 22.0 Å². The summed E-state index contributed by atoms with van der Waals surface area (Å²) in [5, 5.41) is 15.8. The summed E-state index contributed by atoms with van der Waals surface area (Å²) in [6.07, 6.45) is 2.21. The Morgan fingerprint density at radius 2 is 2.29 bits per heavy atom. The van der Waals surface area contributed by atoms with Gasteiger partial charge in [-0.05, 0) is 23.9 Å². The molecule has 2 aromatic rings. The van der Waals surface area contributed by atoms with Crippen molar-refractivity contribution < 1.29 is 14.6 Å². The van der Waals surface area contributed by atoms with Crippen molar-refractivity contribution in [1.82, 2.24) is 0 Å². The highest BCUT2D eigenvalue weighted by atomic mass is 32.1. The third-order valence-corrected chi connectivity index (χ3v) is 5.45. The summed E-state index contributed by atoms with van der Waals surface area (Å²) in [7, 11) is 0. The Morgan fingerprint density at radius 1 is 1.46 bits per heavy atom. The molecule has 2 heterocycles. The minimum Gasteiger partial charge on any atom is -0.321 e. The fourth-order valence-electron chi connectivity index (χ4n) is 3.22. The zero-order valence-electron chi connectivity index (χ0n) is 13.5. The van der Waals surface area contributed by atoms with Crippen molar-refractivity contribution in [3.8, 4) is 0 Å². The molecule has 0 saturated carbocycles. The maximum absolute atomic E-state index is 12.4. The molecule has 0 bridgehead atoms. The molecule has 1 fully saturated rings. The van der Waals surface area contributed by atoms with Crippen molar-refractivity contribution in [2.24, 2.45) is 0 Å². The molecule has 7 heteroatoms. The minimum absolute atomic E-state index is 0.0131. The highest BCUT2D eigenvalue weighted by molar-refractivity contribution is 7.10. The maximum atomic E-state index is 12.4. The fraction of sp³-hybridized carbons (Fsp3) is 0.353. The lowest BCUT2D eigenvalue weighted by Gasteiger charge is -2.20. The van der Waals surface area contributed by atoms with Gasteiger partial charge in [0, 0.05) is 25.0 Å². The number of thiophene rings is 1. The summed E-state index contributed by atoms with van der Waals surface area (Å²) >= 11 is 1.74. The predicted octanol–water partition coefficient (Wildman–Crippen LogP) is 2.32. The number of quaternary nitrogens is 1. The molecular formula is C17H20N3O3S+. The van der Waals surface area contributed by atoms with Gasteiger partial charge in [-0.15, -0.1) is 11.3 Å². The quantitative estimate of drug-likeness (QED) is 0.644. The van der Waals surface area contributed by atoms with E-state index in [0.29, 0.717) is 18.3 Å². The van der Waals surface area contributed by atoms with E-state index in [2.05, 4.69) is 16.8 Å². The van der Waals surface area contributed by atoms with Gasteiger partial charge in [-0.2, -0.15) is 0 Å². The number of anilines is 1. The van der Waals surface area contributed by atoms with Crippen LogP contribution in [0.25, 0.3) is 0 Å². The molecule has 126 valence electrons. The molecule has 1 saturated heterocycles. The number of nitro groups is 1. The van der Waals surface area contributed by atoms with E-state index < -0.39 is 4.92 Å². The van der Waals surface area contributed by atoms with E-state index in [1.54, 1.807) is 17.4 Å². The van der Waals surface area contributed by atoms with Gasteiger partial charge in [-0.25, -0.2) is 0 Å². The van der Waals surface area contributed by atoms with Crippen LogP contribution in [0.5, 0.6) is 0 Å². The lowest BCUT2D eigenvalue weighted by molar-refractivity contribution is -0.910. The molecule has 1 aliphatic heterocycles. The highest BCUT2D eigenvalue weighted by Gasteiger charge is 2.32. The van der Waals surface area contributed by atoms with Crippen LogP contribution in [0.15, 0.2) is 35.7 Å². The molecule has 1 aromatic carbocycles. The van der Waals surface area contributed by atoms with E-state index in [4.69, 9.17) is 0 Å². The molecule has 6 nitrogen and oxygen atoms in total. The van der Waals surface area contributed by atoms with E-state index in [0.717, 1.165) is 24.9 Å². The first kappa shape index (κ1) is 16.6. The number of likely N-dealkylation sites (tertiary alicyclic amines) is 1. The lowest BCUT2D eigenvalue weighted by Crippen LogP contribution is -3.11. The van der Waals surface area contributed by atoms with Crippen molar-refractivity contribution in [1.29, 1.82) is 0 Å². The molecule has 1 unspecified atom stereocenters.